The fraction of sp³-hybridized carbons (Fsp3) is 0.125. The molecular weight excluding hydrogens is 479 g/mol. The topological polar surface area (TPSA) is 92.3 Å². The summed E-state index contributed by atoms with van der Waals surface area (Å²) in [6, 6.07) is 16.1. The van der Waals surface area contributed by atoms with Crippen LogP contribution in [0.25, 0.3) is 22.3 Å². The van der Waals surface area contributed by atoms with Crippen LogP contribution in [0.5, 0.6) is 0 Å². The molecule has 0 saturated carbocycles. The predicted octanol–water partition coefficient (Wildman–Crippen LogP) is 4.88. The number of nitrogens with zero attached hydrogens (tertiary/aromatic N) is 3. The average molecular weight is 497 g/mol. The van der Waals surface area contributed by atoms with Gasteiger partial charge in [0, 0.05) is 29.4 Å². The molecule has 2 heterocycles. The largest absolute Gasteiger partial charge is 0.322 e. The molecule has 10 heteroatoms. The first kappa shape index (κ1) is 22.2. The third-order valence-electron chi connectivity index (χ3n) is 5.54. The first-order valence-electron chi connectivity index (χ1n) is 10.4. The van der Waals surface area contributed by atoms with Crippen molar-refractivity contribution < 1.29 is 17.6 Å². The Hall–Kier alpha value is -3.56. The lowest BCUT2D eigenvalue weighted by Gasteiger charge is -2.17. The molecule has 5 rings (SSSR count). The van der Waals surface area contributed by atoms with Crippen LogP contribution in [-0.4, -0.2) is 36.6 Å². The van der Waals surface area contributed by atoms with E-state index in [0.717, 1.165) is 21.3 Å². The highest BCUT2D eigenvalue weighted by atomic mass is 35.5. The first-order valence-corrected chi connectivity index (χ1v) is 12.4. The Bertz CT molecular complexity index is 1540. The van der Waals surface area contributed by atoms with Crippen LogP contribution in [-0.2, 0) is 10.0 Å². The molecule has 1 saturated heterocycles. The number of amides is 1. The molecule has 1 aromatic heterocycles. The third kappa shape index (κ3) is 4.20. The molecule has 0 aliphatic carbocycles. The highest BCUT2D eigenvalue weighted by Gasteiger charge is 2.29. The summed E-state index contributed by atoms with van der Waals surface area (Å²) in [5.41, 5.74) is 1.64. The second-order valence-electron chi connectivity index (χ2n) is 7.81. The second kappa shape index (κ2) is 8.66. The van der Waals surface area contributed by atoms with Gasteiger partial charge in [-0.05, 0) is 48.9 Å². The lowest BCUT2D eigenvalue weighted by molar-refractivity contribution is 0.102. The molecule has 1 aliphatic rings. The van der Waals surface area contributed by atoms with Crippen LogP contribution in [0.2, 0.25) is 5.02 Å². The zero-order valence-corrected chi connectivity index (χ0v) is 19.3. The Balaban J connectivity index is 1.41. The molecule has 1 aliphatic heterocycles. The molecular formula is C24H18ClFN4O3S. The molecule has 172 valence electrons. The van der Waals surface area contributed by atoms with Gasteiger partial charge in [-0.2, -0.15) is 0 Å². The van der Waals surface area contributed by atoms with Gasteiger partial charge in [-0.25, -0.2) is 22.8 Å². The van der Waals surface area contributed by atoms with Gasteiger partial charge in [0.15, 0.2) is 5.82 Å². The summed E-state index contributed by atoms with van der Waals surface area (Å²) >= 11 is 6.36. The molecule has 0 atom stereocenters. The molecule has 0 spiro atoms. The number of aromatic nitrogens is 2. The Morgan fingerprint density at radius 3 is 2.68 bits per heavy atom. The SMILES string of the molecule is O=C(Nc1ccc(Cl)c(-c2ncc3ccccc3n2)c1)c1ccc(N2CCCS2(=O)=O)cc1F. The number of benzene rings is 3. The van der Waals surface area contributed by atoms with Gasteiger partial charge in [-0.3, -0.25) is 9.10 Å². The van der Waals surface area contributed by atoms with Crippen molar-refractivity contribution in [1.29, 1.82) is 0 Å². The van der Waals surface area contributed by atoms with Crippen molar-refractivity contribution in [1.82, 2.24) is 9.97 Å². The second-order valence-corrected chi connectivity index (χ2v) is 10.2. The molecule has 1 N–H and O–H groups in total. The van der Waals surface area contributed by atoms with Crippen LogP contribution in [0.3, 0.4) is 0 Å². The minimum absolute atomic E-state index is 0.0245. The molecule has 3 aromatic carbocycles. The zero-order chi connectivity index (χ0) is 23.9. The number of anilines is 2. The summed E-state index contributed by atoms with van der Waals surface area (Å²) in [6.45, 7) is 0.289. The van der Waals surface area contributed by atoms with E-state index >= 15 is 0 Å². The molecule has 1 amide bonds. The van der Waals surface area contributed by atoms with Crippen LogP contribution >= 0.6 is 11.6 Å². The highest BCUT2D eigenvalue weighted by Crippen LogP contribution is 2.30. The summed E-state index contributed by atoms with van der Waals surface area (Å²) in [4.78, 5) is 21.7. The van der Waals surface area contributed by atoms with Crippen LogP contribution in [0, 0.1) is 5.82 Å². The summed E-state index contributed by atoms with van der Waals surface area (Å²) in [5.74, 6) is -1.08. The number of fused-ring (bicyclic) bond motifs is 1. The summed E-state index contributed by atoms with van der Waals surface area (Å²) in [6.07, 6.45) is 2.17. The van der Waals surface area contributed by atoms with Crippen molar-refractivity contribution in [3.63, 3.8) is 0 Å². The fourth-order valence-electron chi connectivity index (χ4n) is 3.85. The van der Waals surface area contributed by atoms with Crippen molar-refractivity contribution in [3.05, 3.63) is 83.3 Å². The normalized spacial score (nSPS) is 14.9. The van der Waals surface area contributed by atoms with E-state index in [9.17, 15) is 17.6 Å². The number of sulfonamides is 1. The molecule has 4 aromatic rings. The number of carbonyl (C=O) groups is 1. The minimum atomic E-state index is -3.45. The Labute approximate surface area is 200 Å². The monoisotopic (exact) mass is 496 g/mol. The number of hydrogen-bond acceptors (Lipinski definition) is 5. The van der Waals surface area contributed by atoms with Gasteiger partial charge in [0.1, 0.15) is 5.82 Å². The quantitative estimate of drug-likeness (QED) is 0.434. The minimum Gasteiger partial charge on any atom is -0.322 e. The standard InChI is InChI=1S/C24H18ClFN4O3S/c25-20-9-6-16(12-19(20)23-27-14-15-4-1-2-5-22(15)29-23)28-24(31)18-8-7-17(13-21(18)26)30-10-3-11-34(30,32)33/h1-2,4-9,12-14H,3,10-11H2,(H,28,31). The number of halogens is 2. The number of para-hydroxylation sites is 1. The predicted molar refractivity (Wildman–Crippen MR) is 130 cm³/mol. The molecule has 34 heavy (non-hydrogen) atoms. The maximum absolute atomic E-state index is 14.7. The zero-order valence-electron chi connectivity index (χ0n) is 17.7. The number of nitrogens with one attached hydrogen (secondary N) is 1. The maximum atomic E-state index is 14.7. The summed E-state index contributed by atoms with van der Waals surface area (Å²) < 4.78 is 40.1. The lowest BCUT2D eigenvalue weighted by atomic mass is 10.1. The smallest absolute Gasteiger partial charge is 0.258 e. The van der Waals surface area contributed by atoms with Crippen LogP contribution in [0.4, 0.5) is 15.8 Å². The van der Waals surface area contributed by atoms with Crippen LogP contribution in [0.15, 0.2) is 66.9 Å². The van der Waals surface area contributed by atoms with Gasteiger partial charge < -0.3 is 5.32 Å². The number of rotatable bonds is 4. The third-order valence-corrected chi connectivity index (χ3v) is 7.74. The van der Waals surface area contributed by atoms with Crippen molar-refractivity contribution in [3.8, 4) is 11.4 Å². The fourth-order valence-corrected chi connectivity index (χ4v) is 5.61. The van der Waals surface area contributed by atoms with Gasteiger partial charge in [-0.15, -0.1) is 0 Å². The molecule has 0 radical (unpaired) electrons. The van der Waals surface area contributed by atoms with Crippen molar-refractivity contribution in [2.45, 2.75) is 6.42 Å². The Kier molecular flexibility index (Phi) is 5.66. The molecule has 1 fully saturated rings. The van der Waals surface area contributed by atoms with E-state index in [1.54, 1.807) is 24.4 Å². The Morgan fingerprint density at radius 1 is 1.09 bits per heavy atom. The molecule has 7 nitrogen and oxygen atoms in total. The van der Waals surface area contributed by atoms with E-state index in [0.29, 0.717) is 28.5 Å². The van der Waals surface area contributed by atoms with E-state index < -0.39 is 21.7 Å². The van der Waals surface area contributed by atoms with Gasteiger partial charge in [0.2, 0.25) is 10.0 Å². The van der Waals surface area contributed by atoms with Crippen LogP contribution in [0.1, 0.15) is 16.8 Å². The molecule has 0 bridgehead atoms. The maximum Gasteiger partial charge on any atom is 0.258 e. The summed E-state index contributed by atoms with van der Waals surface area (Å²) in [7, 11) is -3.45. The highest BCUT2D eigenvalue weighted by molar-refractivity contribution is 7.93. The lowest BCUT2D eigenvalue weighted by Crippen LogP contribution is -2.25. The van der Waals surface area contributed by atoms with E-state index in [2.05, 4.69) is 15.3 Å². The van der Waals surface area contributed by atoms with Gasteiger partial charge in [-0.1, -0.05) is 29.8 Å². The van der Waals surface area contributed by atoms with Crippen molar-refractivity contribution in [2.24, 2.45) is 0 Å². The van der Waals surface area contributed by atoms with Crippen LogP contribution < -0.4 is 9.62 Å². The van der Waals surface area contributed by atoms with E-state index in [1.165, 1.54) is 12.1 Å². The van der Waals surface area contributed by atoms with E-state index in [1.807, 2.05) is 24.3 Å². The van der Waals surface area contributed by atoms with Gasteiger partial charge >= 0.3 is 0 Å². The van der Waals surface area contributed by atoms with Crippen molar-refractivity contribution in [2.75, 3.05) is 21.9 Å². The molecule has 0 unspecified atom stereocenters. The van der Waals surface area contributed by atoms with E-state index in [-0.39, 0.29) is 23.5 Å². The van der Waals surface area contributed by atoms with Gasteiger partial charge in [0.05, 0.1) is 27.5 Å². The average Bonchev–Trinajstić information content (AvgIpc) is 3.18. The Morgan fingerprint density at radius 2 is 1.91 bits per heavy atom. The van der Waals surface area contributed by atoms with E-state index in [4.69, 9.17) is 11.6 Å². The van der Waals surface area contributed by atoms with Gasteiger partial charge in [0.25, 0.3) is 5.91 Å². The van der Waals surface area contributed by atoms with Crippen molar-refractivity contribution >= 4 is 49.8 Å². The number of carbonyl (C=O) groups excluding carboxylic acids is 1. The summed E-state index contributed by atoms with van der Waals surface area (Å²) in [5, 5.41) is 3.93. The first-order chi connectivity index (χ1) is 16.3. The number of hydrogen-bond donors (Lipinski definition) is 1.